The van der Waals surface area contributed by atoms with E-state index in [4.69, 9.17) is 18.8 Å². The first-order valence-electron chi connectivity index (χ1n) is 8.62. The molecular formula is C18H30CaO9S. The molecule has 0 saturated carbocycles. The molecule has 0 aromatic heterocycles. The topological polar surface area (TPSA) is 133 Å². The van der Waals surface area contributed by atoms with Crippen molar-refractivity contribution in [3.05, 3.63) is 24.3 Å². The Bertz CT molecular complexity index is 683. The van der Waals surface area contributed by atoms with Gasteiger partial charge in [-0.25, -0.2) is 9.59 Å². The molecule has 0 heterocycles. The van der Waals surface area contributed by atoms with Crippen LogP contribution in [0.4, 0.5) is 0 Å². The fourth-order valence-electron chi connectivity index (χ4n) is 1.87. The number of rotatable bonds is 13. The van der Waals surface area contributed by atoms with Crippen LogP contribution in [0.5, 0.6) is 0 Å². The van der Waals surface area contributed by atoms with Gasteiger partial charge in [0.15, 0.2) is 0 Å². The van der Waals surface area contributed by atoms with Crippen molar-refractivity contribution in [3.8, 4) is 0 Å². The van der Waals surface area contributed by atoms with Crippen LogP contribution in [0.3, 0.4) is 0 Å². The predicted octanol–water partition coefficient (Wildman–Crippen LogP) is 0.916. The summed E-state index contributed by atoms with van der Waals surface area (Å²) in [6.07, 6.45) is 0.437. The summed E-state index contributed by atoms with van der Waals surface area (Å²) < 4.78 is 45.4. The number of hydrogen-bond acceptors (Lipinski definition) is 8. The number of carbonyl (C=O) groups excluding carboxylic acids is 3. The molecular weight excluding hydrogens is 432 g/mol. The van der Waals surface area contributed by atoms with Crippen LogP contribution < -0.4 is 0 Å². The molecule has 0 aromatic rings. The molecule has 0 fully saturated rings. The summed E-state index contributed by atoms with van der Waals surface area (Å²) in [5.41, 5.74) is -1.15. The Balaban J connectivity index is 0. The van der Waals surface area contributed by atoms with Gasteiger partial charge in [0.25, 0.3) is 10.1 Å². The van der Waals surface area contributed by atoms with Gasteiger partial charge >= 0.3 is 55.6 Å². The van der Waals surface area contributed by atoms with Gasteiger partial charge in [-0.3, -0.25) is 9.35 Å². The zero-order valence-electron chi connectivity index (χ0n) is 16.5. The molecule has 0 atom stereocenters. The van der Waals surface area contributed by atoms with E-state index in [1.807, 2.05) is 0 Å². The summed E-state index contributed by atoms with van der Waals surface area (Å²) in [4.78, 5) is 36.0. The van der Waals surface area contributed by atoms with Crippen molar-refractivity contribution >= 4 is 65.8 Å². The molecule has 0 spiro atoms. The van der Waals surface area contributed by atoms with Crippen molar-refractivity contribution in [2.75, 3.05) is 25.6 Å². The van der Waals surface area contributed by atoms with Gasteiger partial charge in [0.05, 0.1) is 12.4 Å². The van der Waals surface area contributed by atoms with Gasteiger partial charge in [0, 0.05) is 11.1 Å². The first kappa shape index (κ1) is 30.3. The second-order valence-corrected chi connectivity index (χ2v) is 8.05. The summed E-state index contributed by atoms with van der Waals surface area (Å²) in [5, 5.41) is 0. The van der Waals surface area contributed by atoms with E-state index in [1.165, 1.54) is 13.8 Å². The molecule has 0 aliphatic rings. The van der Waals surface area contributed by atoms with E-state index >= 15 is 0 Å². The van der Waals surface area contributed by atoms with E-state index in [0.717, 1.165) is 0 Å². The van der Waals surface area contributed by atoms with Gasteiger partial charge in [0.2, 0.25) is 0 Å². The van der Waals surface area contributed by atoms with Gasteiger partial charge in [-0.15, -0.1) is 0 Å². The molecule has 0 saturated heterocycles. The minimum absolute atomic E-state index is 0. The number of carbonyl (C=O) groups is 3. The van der Waals surface area contributed by atoms with Crippen LogP contribution in [0.1, 0.15) is 40.0 Å². The Kier molecular flexibility index (Phi) is 14.7. The van der Waals surface area contributed by atoms with Crippen LogP contribution in [0.25, 0.3) is 0 Å². The van der Waals surface area contributed by atoms with Crippen molar-refractivity contribution in [1.29, 1.82) is 0 Å². The Labute approximate surface area is 201 Å². The molecule has 0 aliphatic carbocycles. The zero-order chi connectivity index (χ0) is 22.0. The van der Waals surface area contributed by atoms with Crippen molar-refractivity contribution in [1.82, 2.24) is 0 Å². The standard InChI is InChI=1S/C18H28O9S.Ca.2H/c1-6-18(11-26-15(19)13(2)3,12-27-16(20)14(4)5)17(21)25-9-7-8-10-28(22,23)24;;;/h2,4,6-12H2,1,3,5H3,(H,22,23,24);;;. The average molecular weight is 463 g/mol. The van der Waals surface area contributed by atoms with E-state index in [1.54, 1.807) is 6.92 Å². The van der Waals surface area contributed by atoms with Gasteiger partial charge in [-0.05, 0) is 33.1 Å². The molecule has 29 heavy (non-hydrogen) atoms. The first-order chi connectivity index (χ1) is 12.8. The van der Waals surface area contributed by atoms with Crippen LogP contribution in [0.15, 0.2) is 24.3 Å². The Morgan fingerprint density at radius 1 is 0.931 bits per heavy atom. The van der Waals surface area contributed by atoms with Crippen LogP contribution in [0, 0.1) is 5.41 Å². The molecule has 11 heteroatoms. The molecule has 0 amide bonds. The Morgan fingerprint density at radius 3 is 1.72 bits per heavy atom. The minimum atomic E-state index is -4.08. The fraction of sp³-hybridized carbons (Fsp3) is 0.611. The molecule has 0 aromatic carbocycles. The van der Waals surface area contributed by atoms with Crippen LogP contribution in [0.2, 0.25) is 0 Å². The third-order valence-electron chi connectivity index (χ3n) is 3.80. The van der Waals surface area contributed by atoms with Crippen molar-refractivity contribution in [3.63, 3.8) is 0 Å². The molecule has 9 nitrogen and oxygen atoms in total. The second-order valence-electron chi connectivity index (χ2n) is 6.48. The van der Waals surface area contributed by atoms with Crippen molar-refractivity contribution in [2.45, 2.75) is 40.0 Å². The van der Waals surface area contributed by atoms with Crippen molar-refractivity contribution < 1.29 is 41.6 Å². The number of unbranched alkanes of at least 4 members (excludes halogenated alkanes) is 1. The SMILES string of the molecule is C=C(C)C(=O)OCC(CC)(COC(=O)C(=C)C)C(=O)OCCCCS(=O)(=O)O.[CaH2]. The molecule has 0 radical (unpaired) electrons. The predicted molar refractivity (Wildman–Crippen MR) is 109 cm³/mol. The summed E-state index contributed by atoms with van der Waals surface area (Å²) in [6, 6.07) is 0. The summed E-state index contributed by atoms with van der Waals surface area (Å²) in [5.74, 6) is -2.61. The average Bonchev–Trinajstić information content (AvgIpc) is 2.59. The third-order valence-corrected chi connectivity index (χ3v) is 4.60. The fourth-order valence-corrected chi connectivity index (χ4v) is 2.44. The van der Waals surface area contributed by atoms with E-state index in [-0.39, 0.29) is 88.0 Å². The van der Waals surface area contributed by atoms with Gasteiger partial charge < -0.3 is 14.2 Å². The molecule has 0 aliphatic heterocycles. The Morgan fingerprint density at radius 2 is 1.38 bits per heavy atom. The van der Waals surface area contributed by atoms with Gasteiger partial charge in [-0.1, -0.05) is 20.1 Å². The van der Waals surface area contributed by atoms with Gasteiger partial charge in [-0.2, -0.15) is 8.42 Å². The maximum absolute atomic E-state index is 12.6. The molecule has 0 bridgehead atoms. The zero-order valence-corrected chi connectivity index (χ0v) is 17.3. The molecule has 164 valence electrons. The second kappa shape index (κ2) is 14.1. The van der Waals surface area contributed by atoms with E-state index < -0.39 is 39.2 Å². The normalized spacial score (nSPS) is 11.0. The van der Waals surface area contributed by atoms with Crippen LogP contribution >= 0.6 is 0 Å². The van der Waals surface area contributed by atoms with E-state index in [9.17, 15) is 22.8 Å². The molecule has 0 rings (SSSR count). The maximum atomic E-state index is 12.6. The summed E-state index contributed by atoms with van der Waals surface area (Å²) in [7, 11) is -4.08. The van der Waals surface area contributed by atoms with Crippen LogP contribution in [-0.4, -0.2) is 94.2 Å². The number of ether oxygens (including phenoxy) is 3. The summed E-state index contributed by atoms with van der Waals surface area (Å²) >= 11 is 0. The number of hydrogen-bond donors (Lipinski definition) is 1. The third kappa shape index (κ3) is 12.4. The first-order valence-corrected chi connectivity index (χ1v) is 10.2. The van der Waals surface area contributed by atoms with Crippen molar-refractivity contribution in [2.24, 2.45) is 5.41 Å². The monoisotopic (exact) mass is 462 g/mol. The number of esters is 3. The Hall–Kier alpha value is -0.940. The quantitative estimate of drug-likeness (QED) is 0.106. The molecule has 0 unspecified atom stereocenters. The van der Waals surface area contributed by atoms with Gasteiger partial charge in [0.1, 0.15) is 18.6 Å². The molecule has 1 N–H and O–H groups in total. The summed E-state index contributed by atoms with van der Waals surface area (Å²) in [6.45, 7) is 10.6. The van der Waals surface area contributed by atoms with E-state index in [2.05, 4.69) is 13.2 Å². The van der Waals surface area contributed by atoms with E-state index in [0.29, 0.717) is 0 Å². The van der Waals surface area contributed by atoms with Crippen LogP contribution in [-0.2, 0) is 38.7 Å².